The minimum Gasteiger partial charge on any atom is -0.496 e. The maximum atomic E-state index is 12.6. The molecule has 0 unspecified atom stereocenters. The maximum absolute atomic E-state index is 12.6. The molecule has 0 fully saturated rings. The summed E-state index contributed by atoms with van der Waals surface area (Å²) >= 11 is 11.8. The molecule has 0 aliphatic heterocycles. The quantitative estimate of drug-likeness (QED) is 0.780. The van der Waals surface area contributed by atoms with Gasteiger partial charge in [0.1, 0.15) is 5.75 Å². The van der Waals surface area contributed by atoms with Crippen LogP contribution in [0.25, 0.3) is 0 Å². The van der Waals surface area contributed by atoms with Crippen LogP contribution in [0.3, 0.4) is 0 Å². The van der Waals surface area contributed by atoms with Crippen LogP contribution in [0, 0.1) is 6.92 Å². The maximum Gasteiger partial charge on any atom is 0.243 e. The molecule has 1 amide bonds. The summed E-state index contributed by atoms with van der Waals surface area (Å²) in [5.74, 6) is 0.0623. The molecule has 0 atom stereocenters. The summed E-state index contributed by atoms with van der Waals surface area (Å²) < 4.78 is 31.4. The second kappa shape index (κ2) is 8.26. The molecule has 0 bridgehead atoms. The van der Waals surface area contributed by atoms with Crippen molar-refractivity contribution in [2.75, 3.05) is 26.0 Å². The molecule has 0 radical (unpaired) electrons. The van der Waals surface area contributed by atoms with E-state index in [0.29, 0.717) is 22.0 Å². The first-order chi connectivity index (χ1) is 12.1. The van der Waals surface area contributed by atoms with Crippen molar-refractivity contribution in [2.45, 2.75) is 11.8 Å². The van der Waals surface area contributed by atoms with E-state index in [1.807, 2.05) is 0 Å². The van der Waals surface area contributed by atoms with Crippen molar-refractivity contribution in [3.63, 3.8) is 0 Å². The van der Waals surface area contributed by atoms with Crippen LogP contribution >= 0.6 is 23.2 Å². The zero-order chi connectivity index (χ0) is 19.5. The smallest absolute Gasteiger partial charge is 0.243 e. The van der Waals surface area contributed by atoms with Gasteiger partial charge in [0, 0.05) is 12.1 Å². The first-order valence-corrected chi connectivity index (χ1v) is 9.70. The summed E-state index contributed by atoms with van der Waals surface area (Å²) in [6.45, 7) is 1.37. The highest BCUT2D eigenvalue weighted by Gasteiger charge is 2.24. The molecular weight excluding hydrogens is 399 g/mol. The van der Waals surface area contributed by atoms with Gasteiger partial charge < -0.3 is 10.1 Å². The van der Waals surface area contributed by atoms with Crippen LogP contribution < -0.4 is 10.1 Å². The zero-order valence-electron chi connectivity index (χ0n) is 14.4. The number of carbonyl (C=O) groups excluding carboxylic acids is 1. The lowest BCUT2D eigenvalue weighted by Gasteiger charge is -2.18. The van der Waals surface area contributed by atoms with Gasteiger partial charge >= 0.3 is 0 Å². The van der Waals surface area contributed by atoms with Gasteiger partial charge in [-0.05, 0) is 48.9 Å². The van der Waals surface area contributed by atoms with Crippen LogP contribution in [0.15, 0.2) is 41.3 Å². The molecule has 0 saturated heterocycles. The highest BCUT2D eigenvalue weighted by Crippen LogP contribution is 2.26. The average molecular weight is 417 g/mol. The zero-order valence-corrected chi connectivity index (χ0v) is 16.7. The number of methoxy groups -OCH3 is 1. The number of sulfonamides is 1. The average Bonchev–Trinajstić information content (AvgIpc) is 2.57. The highest BCUT2D eigenvalue weighted by molar-refractivity contribution is 7.89. The Hall–Kier alpha value is -1.80. The third-order valence-electron chi connectivity index (χ3n) is 3.65. The van der Waals surface area contributed by atoms with Crippen molar-refractivity contribution < 1.29 is 17.9 Å². The molecule has 2 aromatic carbocycles. The van der Waals surface area contributed by atoms with E-state index in [-0.39, 0.29) is 16.5 Å². The van der Waals surface area contributed by atoms with Crippen LogP contribution in [0.5, 0.6) is 5.75 Å². The van der Waals surface area contributed by atoms with Crippen molar-refractivity contribution in [2.24, 2.45) is 0 Å². The van der Waals surface area contributed by atoms with Crippen LogP contribution in [-0.2, 0) is 14.8 Å². The summed E-state index contributed by atoms with van der Waals surface area (Å²) in [6, 6.07) is 9.11. The van der Waals surface area contributed by atoms with Gasteiger partial charge in [0.2, 0.25) is 15.9 Å². The second-order valence-electron chi connectivity index (χ2n) is 5.56. The standard InChI is InChI=1S/C17H18Cl2N2O4S/c1-11-8-13(5-7-16(11)25-3)26(23,24)21(2)10-17(22)20-15-6-4-12(18)9-14(15)19/h4-9H,10H2,1-3H3,(H,20,22). The molecule has 26 heavy (non-hydrogen) atoms. The van der Waals surface area contributed by atoms with Gasteiger partial charge in [-0.3, -0.25) is 4.79 Å². The van der Waals surface area contributed by atoms with Gasteiger partial charge in [0.25, 0.3) is 0 Å². The fourth-order valence-electron chi connectivity index (χ4n) is 2.26. The summed E-state index contributed by atoms with van der Waals surface area (Å²) in [7, 11) is -0.988. The molecule has 1 N–H and O–H groups in total. The van der Waals surface area contributed by atoms with Gasteiger partial charge in [-0.2, -0.15) is 4.31 Å². The van der Waals surface area contributed by atoms with Crippen molar-refractivity contribution in [3.05, 3.63) is 52.0 Å². The van der Waals surface area contributed by atoms with E-state index in [2.05, 4.69) is 5.32 Å². The largest absolute Gasteiger partial charge is 0.496 e. The number of aryl methyl sites for hydroxylation is 1. The number of nitrogens with one attached hydrogen (secondary N) is 1. The number of hydrogen-bond acceptors (Lipinski definition) is 4. The number of ether oxygens (including phenoxy) is 1. The van der Waals surface area contributed by atoms with E-state index < -0.39 is 15.9 Å². The number of amides is 1. The number of carbonyl (C=O) groups is 1. The molecular formula is C17H18Cl2N2O4S. The first kappa shape index (κ1) is 20.5. The topological polar surface area (TPSA) is 75.7 Å². The molecule has 2 rings (SSSR count). The Morgan fingerprint density at radius 2 is 1.88 bits per heavy atom. The predicted molar refractivity (Wildman–Crippen MR) is 103 cm³/mol. The van der Waals surface area contributed by atoms with Crippen molar-refractivity contribution in [1.29, 1.82) is 0 Å². The fraction of sp³-hybridized carbons (Fsp3) is 0.235. The van der Waals surface area contributed by atoms with E-state index in [1.165, 1.54) is 32.4 Å². The summed E-state index contributed by atoms with van der Waals surface area (Å²) in [4.78, 5) is 12.3. The van der Waals surface area contributed by atoms with E-state index in [0.717, 1.165) is 4.31 Å². The minimum absolute atomic E-state index is 0.0793. The van der Waals surface area contributed by atoms with E-state index in [4.69, 9.17) is 27.9 Å². The monoisotopic (exact) mass is 416 g/mol. The number of rotatable bonds is 6. The van der Waals surface area contributed by atoms with Gasteiger partial charge in [-0.25, -0.2) is 8.42 Å². The Labute approximate surface area is 162 Å². The Morgan fingerprint density at radius 3 is 2.46 bits per heavy atom. The van der Waals surface area contributed by atoms with Crippen LogP contribution in [0.1, 0.15) is 5.56 Å². The van der Waals surface area contributed by atoms with Crippen molar-refractivity contribution >= 4 is 44.8 Å². The van der Waals surface area contributed by atoms with Crippen LogP contribution in [0.4, 0.5) is 5.69 Å². The molecule has 9 heteroatoms. The number of benzene rings is 2. The Balaban J connectivity index is 2.13. The number of hydrogen-bond donors (Lipinski definition) is 1. The Kier molecular flexibility index (Phi) is 6.52. The fourth-order valence-corrected chi connectivity index (χ4v) is 3.93. The highest BCUT2D eigenvalue weighted by atomic mass is 35.5. The van der Waals surface area contributed by atoms with Gasteiger partial charge in [0.05, 0.1) is 29.3 Å². The SMILES string of the molecule is COc1ccc(S(=O)(=O)N(C)CC(=O)Nc2ccc(Cl)cc2Cl)cc1C. The summed E-state index contributed by atoms with van der Waals surface area (Å²) in [6.07, 6.45) is 0. The molecule has 0 aromatic heterocycles. The predicted octanol–water partition coefficient (Wildman–Crippen LogP) is 3.57. The lowest BCUT2D eigenvalue weighted by Crippen LogP contribution is -2.35. The van der Waals surface area contributed by atoms with Gasteiger partial charge in [-0.1, -0.05) is 23.2 Å². The number of halogens is 2. The van der Waals surface area contributed by atoms with Crippen molar-refractivity contribution in [3.8, 4) is 5.75 Å². The van der Waals surface area contributed by atoms with Gasteiger partial charge in [-0.15, -0.1) is 0 Å². The van der Waals surface area contributed by atoms with Crippen LogP contribution in [-0.4, -0.2) is 39.3 Å². The minimum atomic E-state index is -3.83. The molecule has 6 nitrogen and oxygen atoms in total. The summed E-state index contributed by atoms with van der Waals surface area (Å²) in [5, 5.41) is 3.26. The normalized spacial score (nSPS) is 11.5. The lowest BCUT2D eigenvalue weighted by atomic mass is 10.2. The molecule has 0 aliphatic rings. The third kappa shape index (κ3) is 4.67. The summed E-state index contributed by atoms with van der Waals surface area (Å²) in [5.41, 5.74) is 1.03. The number of anilines is 1. The van der Waals surface area contributed by atoms with Gasteiger partial charge in [0.15, 0.2) is 0 Å². The number of nitrogens with zero attached hydrogens (tertiary/aromatic N) is 1. The molecule has 0 saturated carbocycles. The van der Waals surface area contributed by atoms with Crippen LogP contribution in [0.2, 0.25) is 10.0 Å². The molecule has 2 aromatic rings. The third-order valence-corrected chi connectivity index (χ3v) is 5.99. The number of likely N-dealkylation sites (N-methyl/N-ethyl adjacent to an activating group) is 1. The van der Waals surface area contributed by atoms with E-state index >= 15 is 0 Å². The van der Waals surface area contributed by atoms with Crippen molar-refractivity contribution in [1.82, 2.24) is 4.31 Å². The first-order valence-electron chi connectivity index (χ1n) is 7.51. The molecule has 0 heterocycles. The van der Waals surface area contributed by atoms with E-state index in [9.17, 15) is 13.2 Å². The molecule has 0 aliphatic carbocycles. The van der Waals surface area contributed by atoms with E-state index in [1.54, 1.807) is 25.1 Å². The lowest BCUT2D eigenvalue weighted by molar-refractivity contribution is -0.116. The molecule has 140 valence electrons. The second-order valence-corrected chi connectivity index (χ2v) is 8.45. The Morgan fingerprint density at radius 1 is 1.19 bits per heavy atom. The Bertz CT molecular complexity index is 932. The molecule has 0 spiro atoms.